The first-order valence-corrected chi connectivity index (χ1v) is 11.2. The third kappa shape index (κ3) is 5.27. The van der Waals surface area contributed by atoms with Crippen LogP contribution in [-0.2, 0) is 11.3 Å². The van der Waals surface area contributed by atoms with Gasteiger partial charge in [0.25, 0.3) is 5.22 Å². The van der Waals surface area contributed by atoms with Crippen LogP contribution in [0.3, 0.4) is 0 Å². The number of aromatic nitrogens is 2. The van der Waals surface area contributed by atoms with E-state index in [0.717, 1.165) is 36.8 Å². The number of carbonyl (C=O) groups excluding carboxylic acids is 1. The first-order chi connectivity index (χ1) is 14.7. The zero-order valence-corrected chi connectivity index (χ0v) is 17.5. The van der Waals surface area contributed by atoms with Gasteiger partial charge in [-0.3, -0.25) is 4.79 Å². The molecule has 1 saturated carbocycles. The molecule has 1 aliphatic carbocycles. The Balaban J connectivity index is 1.42. The summed E-state index contributed by atoms with van der Waals surface area (Å²) < 4.78 is 19.0. The summed E-state index contributed by atoms with van der Waals surface area (Å²) in [6.07, 6.45) is 5.50. The van der Waals surface area contributed by atoms with Crippen LogP contribution in [0, 0.1) is 5.82 Å². The number of hydrogen-bond acceptors (Lipinski definition) is 5. The van der Waals surface area contributed by atoms with Gasteiger partial charge in [-0.25, -0.2) is 4.39 Å². The summed E-state index contributed by atoms with van der Waals surface area (Å²) in [4.78, 5) is 15.0. The Morgan fingerprint density at radius 1 is 1.03 bits per heavy atom. The average molecular weight is 426 g/mol. The van der Waals surface area contributed by atoms with E-state index in [-0.39, 0.29) is 23.5 Å². The molecule has 0 unspecified atom stereocenters. The molecule has 4 rings (SSSR count). The molecule has 156 valence electrons. The molecule has 0 radical (unpaired) electrons. The summed E-state index contributed by atoms with van der Waals surface area (Å²) in [7, 11) is 0. The summed E-state index contributed by atoms with van der Waals surface area (Å²) in [6.45, 7) is 0.490. The highest BCUT2D eigenvalue weighted by molar-refractivity contribution is 7.99. The maximum Gasteiger partial charge on any atom is 0.277 e. The van der Waals surface area contributed by atoms with E-state index in [1.54, 1.807) is 12.1 Å². The number of hydrogen-bond donors (Lipinski definition) is 0. The van der Waals surface area contributed by atoms with Crippen molar-refractivity contribution in [1.29, 1.82) is 0 Å². The van der Waals surface area contributed by atoms with Gasteiger partial charge >= 0.3 is 0 Å². The van der Waals surface area contributed by atoms with Crippen LogP contribution in [0.4, 0.5) is 4.39 Å². The highest BCUT2D eigenvalue weighted by Gasteiger charge is 2.26. The van der Waals surface area contributed by atoms with Gasteiger partial charge in [-0.1, -0.05) is 61.4 Å². The highest BCUT2D eigenvalue weighted by Crippen LogP contribution is 2.27. The zero-order valence-electron chi connectivity index (χ0n) is 16.7. The Kier molecular flexibility index (Phi) is 6.79. The first-order valence-electron chi connectivity index (χ1n) is 10.2. The normalized spacial score (nSPS) is 14.6. The van der Waals surface area contributed by atoms with Crippen molar-refractivity contribution in [3.8, 4) is 11.5 Å². The number of halogens is 1. The maximum atomic E-state index is 13.3. The number of rotatable bonds is 7. The van der Waals surface area contributed by atoms with Crippen molar-refractivity contribution in [2.75, 3.05) is 5.75 Å². The molecule has 7 heteroatoms. The van der Waals surface area contributed by atoms with E-state index in [1.165, 1.54) is 30.3 Å². The molecule has 1 amide bonds. The summed E-state index contributed by atoms with van der Waals surface area (Å²) in [5.74, 6) is 0.445. The van der Waals surface area contributed by atoms with Crippen LogP contribution in [-0.4, -0.2) is 32.8 Å². The van der Waals surface area contributed by atoms with Crippen LogP contribution in [0.5, 0.6) is 0 Å². The van der Waals surface area contributed by atoms with E-state index < -0.39 is 0 Å². The number of nitrogens with zero attached hydrogens (tertiary/aromatic N) is 3. The molecular formula is C23H24FN3O2S. The van der Waals surface area contributed by atoms with E-state index in [0.29, 0.717) is 17.7 Å². The third-order valence-corrected chi connectivity index (χ3v) is 6.15. The molecule has 0 spiro atoms. The molecule has 0 N–H and O–H groups in total. The van der Waals surface area contributed by atoms with Crippen LogP contribution in [0.15, 0.2) is 64.2 Å². The van der Waals surface area contributed by atoms with Gasteiger partial charge in [-0.05, 0) is 42.7 Å². The number of thioether (sulfide) groups is 1. The largest absolute Gasteiger partial charge is 0.411 e. The fraction of sp³-hybridized carbons (Fsp3) is 0.348. The molecular weight excluding hydrogens is 401 g/mol. The van der Waals surface area contributed by atoms with Gasteiger partial charge in [0.05, 0.1) is 5.75 Å². The summed E-state index contributed by atoms with van der Waals surface area (Å²) >= 11 is 1.26. The van der Waals surface area contributed by atoms with E-state index in [4.69, 9.17) is 4.42 Å². The van der Waals surface area contributed by atoms with E-state index in [2.05, 4.69) is 10.2 Å². The molecule has 3 aromatic rings. The van der Waals surface area contributed by atoms with E-state index >= 15 is 0 Å². The Morgan fingerprint density at radius 3 is 2.50 bits per heavy atom. The minimum atomic E-state index is -0.268. The minimum absolute atomic E-state index is 0.0377. The molecule has 0 aliphatic heterocycles. The predicted molar refractivity (Wildman–Crippen MR) is 114 cm³/mol. The lowest BCUT2D eigenvalue weighted by Crippen LogP contribution is -2.41. The summed E-state index contributed by atoms with van der Waals surface area (Å²) in [5, 5.41) is 8.52. The molecule has 1 aliphatic rings. The number of benzene rings is 2. The van der Waals surface area contributed by atoms with Gasteiger partial charge in [-0.2, -0.15) is 0 Å². The van der Waals surface area contributed by atoms with Crippen LogP contribution in [0.25, 0.3) is 11.5 Å². The molecule has 1 aromatic heterocycles. The SMILES string of the molecule is O=C(CSc1nnc(-c2ccccc2)o1)N(Cc1ccc(F)cc1)C1CCCCC1. The highest BCUT2D eigenvalue weighted by atomic mass is 32.2. The lowest BCUT2D eigenvalue weighted by atomic mass is 9.94. The van der Waals surface area contributed by atoms with Crippen LogP contribution < -0.4 is 0 Å². The Labute approximate surface area is 179 Å². The lowest BCUT2D eigenvalue weighted by molar-refractivity contribution is -0.132. The number of carbonyl (C=O) groups is 1. The molecule has 0 bridgehead atoms. The van der Waals surface area contributed by atoms with E-state index in [1.807, 2.05) is 35.2 Å². The van der Waals surface area contributed by atoms with E-state index in [9.17, 15) is 9.18 Å². The van der Waals surface area contributed by atoms with Crippen LogP contribution in [0.2, 0.25) is 0 Å². The average Bonchev–Trinajstić information content (AvgIpc) is 3.27. The smallest absolute Gasteiger partial charge is 0.277 e. The molecule has 1 fully saturated rings. The Bertz CT molecular complexity index is 956. The van der Waals surface area contributed by atoms with Gasteiger partial charge in [-0.15, -0.1) is 10.2 Å². The third-order valence-electron chi connectivity index (χ3n) is 5.35. The monoisotopic (exact) mass is 425 g/mol. The van der Waals surface area contributed by atoms with Gasteiger partial charge in [0.15, 0.2) is 0 Å². The van der Waals surface area contributed by atoms with Crippen molar-refractivity contribution in [3.05, 3.63) is 66.0 Å². The van der Waals surface area contributed by atoms with Crippen molar-refractivity contribution in [2.45, 2.75) is 49.9 Å². The second kappa shape index (κ2) is 9.89. The fourth-order valence-corrected chi connectivity index (χ4v) is 4.42. The standard InChI is InChI=1S/C23H24FN3O2S/c24-19-13-11-17(12-14-19)15-27(20-9-5-2-6-10-20)21(28)16-30-23-26-25-22(29-23)18-7-3-1-4-8-18/h1,3-4,7-8,11-14,20H,2,5-6,9-10,15-16H2. The molecule has 5 nitrogen and oxygen atoms in total. The molecule has 0 atom stereocenters. The van der Waals surface area contributed by atoms with Crippen molar-refractivity contribution in [3.63, 3.8) is 0 Å². The fourth-order valence-electron chi connectivity index (χ4n) is 3.77. The Morgan fingerprint density at radius 2 is 1.77 bits per heavy atom. The number of amides is 1. The van der Waals surface area contributed by atoms with Crippen LogP contribution in [0.1, 0.15) is 37.7 Å². The van der Waals surface area contributed by atoms with Gasteiger partial charge in [0, 0.05) is 18.2 Å². The van der Waals surface area contributed by atoms with Gasteiger partial charge in [0.2, 0.25) is 11.8 Å². The van der Waals surface area contributed by atoms with Gasteiger partial charge in [0.1, 0.15) is 5.82 Å². The quantitative estimate of drug-likeness (QED) is 0.479. The summed E-state index contributed by atoms with van der Waals surface area (Å²) in [6, 6.07) is 16.1. The van der Waals surface area contributed by atoms with Crippen molar-refractivity contribution in [1.82, 2.24) is 15.1 Å². The van der Waals surface area contributed by atoms with Crippen LogP contribution >= 0.6 is 11.8 Å². The molecule has 30 heavy (non-hydrogen) atoms. The predicted octanol–water partition coefficient (Wildman–Crippen LogP) is 5.33. The summed E-state index contributed by atoms with van der Waals surface area (Å²) in [5.41, 5.74) is 1.78. The maximum absolute atomic E-state index is 13.3. The lowest BCUT2D eigenvalue weighted by Gasteiger charge is -2.34. The second-order valence-corrected chi connectivity index (χ2v) is 8.39. The van der Waals surface area contributed by atoms with Crippen molar-refractivity contribution in [2.24, 2.45) is 0 Å². The van der Waals surface area contributed by atoms with Gasteiger partial charge < -0.3 is 9.32 Å². The second-order valence-electron chi connectivity index (χ2n) is 7.47. The van der Waals surface area contributed by atoms with Crippen molar-refractivity contribution < 1.29 is 13.6 Å². The van der Waals surface area contributed by atoms with Crippen molar-refractivity contribution >= 4 is 17.7 Å². The topological polar surface area (TPSA) is 59.2 Å². The molecule has 1 heterocycles. The molecule has 2 aromatic carbocycles. The first kappa shape index (κ1) is 20.6. The Hall–Kier alpha value is -2.67. The zero-order chi connectivity index (χ0) is 20.8. The minimum Gasteiger partial charge on any atom is -0.411 e. The molecule has 0 saturated heterocycles.